The van der Waals surface area contributed by atoms with Gasteiger partial charge in [-0.2, -0.15) is 0 Å². The summed E-state index contributed by atoms with van der Waals surface area (Å²) in [6.45, 7) is 0.173. The van der Waals surface area contributed by atoms with Crippen LogP contribution in [0.3, 0.4) is 0 Å². The van der Waals surface area contributed by atoms with Crippen LogP contribution in [-0.4, -0.2) is 45.2 Å². The molecule has 1 saturated heterocycles. The second kappa shape index (κ2) is 9.77. The number of allylic oxidation sites excluding steroid dienone is 1. The van der Waals surface area contributed by atoms with Crippen molar-refractivity contribution in [1.82, 2.24) is 15.2 Å². The number of fused-ring (bicyclic) bond motifs is 2. The van der Waals surface area contributed by atoms with Crippen LogP contribution in [0.5, 0.6) is 0 Å². The van der Waals surface area contributed by atoms with E-state index in [0.29, 0.717) is 21.8 Å². The van der Waals surface area contributed by atoms with Crippen molar-refractivity contribution >= 4 is 73.4 Å². The van der Waals surface area contributed by atoms with Gasteiger partial charge in [-0.15, -0.1) is 0 Å². The Balaban J connectivity index is 1.23. The number of H-pyrrole nitrogens is 1. The number of Topliss-reactive ketones (excluding diaryl/α,β-unsaturated/α-hetero) is 2. The summed E-state index contributed by atoms with van der Waals surface area (Å²) in [6.07, 6.45) is 3.82. The quantitative estimate of drug-likeness (QED) is 0.229. The molecule has 1 aliphatic carbocycles. The van der Waals surface area contributed by atoms with Crippen LogP contribution >= 0.6 is 27.5 Å². The highest BCUT2D eigenvalue weighted by Gasteiger charge is 2.40. The molecule has 3 aliphatic rings. The minimum absolute atomic E-state index is 0.0682. The Kier molecular flexibility index (Phi) is 6.39. The summed E-state index contributed by atoms with van der Waals surface area (Å²) >= 11 is 9.98. The van der Waals surface area contributed by atoms with E-state index in [-0.39, 0.29) is 67.1 Å². The number of hydrogen-bond acceptors (Lipinski definition) is 6. The van der Waals surface area contributed by atoms with Crippen LogP contribution in [0, 0.1) is 0 Å². The van der Waals surface area contributed by atoms with Gasteiger partial charge in [0.15, 0.2) is 11.6 Å². The molecule has 1 saturated carbocycles. The third kappa shape index (κ3) is 4.37. The van der Waals surface area contributed by atoms with Crippen molar-refractivity contribution in [2.45, 2.75) is 44.2 Å². The fourth-order valence-corrected chi connectivity index (χ4v) is 6.63. The summed E-state index contributed by atoms with van der Waals surface area (Å²) in [5.74, 6) is -2.03. The predicted molar refractivity (Wildman–Crippen MR) is 147 cm³/mol. The van der Waals surface area contributed by atoms with Gasteiger partial charge in [0.25, 0.3) is 5.91 Å². The van der Waals surface area contributed by atoms with Crippen molar-refractivity contribution in [2.75, 3.05) is 5.32 Å². The maximum Gasteiger partial charge on any atom is 0.255 e. The Morgan fingerprint density at radius 2 is 1.82 bits per heavy atom. The number of carbonyl (C=O) groups is 5. The number of rotatable bonds is 4. The molecule has 6 rings (SSSR count). The van der Waals surface area contributed by atoms with Crippen molar-refractivity contribution in [3.8, 4) is 0 Å². The number of carbonyl (C=O) groups excluding carboxylic acids is 5. The van der Waals surface area contributed by atoms with Crippen LogP contribution in [0.4, 0.5) is 5.69 Å². The fourth-order valence-electron chi connectivity index (χ4n) is 5.72. The number of hydrogen-bond donors (Lipinski definition) is 3. The van der Waals surface area contributed by atoms with E-state index in [1.807, 2.05) is 12.1 Å². The predicted octanol–water partition coefficient (Wildman–Crippen LogP) is 4.36. The van der Waals surface area contributed by atoms with Crippen LogP contribution < -0.4 is 10.6 Å². The number of anilines is 1. The normalized spacial score (nSPS) is 21.4. The smallest absolute Gasteiger partial charge is 0.255 e. The Bertz CT molecular complexity index is 1620. The number of ketones is 2. The van der Waals surface area contributed by atoms with Crippen molar-refractivity contribution in [3.05, 3.63) is 74.5 Å². The molecule has 1 atom stereocenters. The Morgan fingerprint density at radius 3 is 2.56 bits per heavy atom. The van der Waals surface area contributed by atoms with Crippen LogP contribution in [-0.2, 0) is 25.7 Å². The SMILES string of the molecule is O=C1CCC(N2Cc3c(NC=C4C(=O)CC(c5c(Br)ccc6[nH]cc(Cl)c56)CC4=O)cccc3C2=O)C(=O)N1. The third-order valence-corrected chi connectivity index (χ3v) is 8.60. The van der Waals surface area contributed by atoms with Crippen LogP contribution in [0.25, 0.3) is 10.9 Å². The number of amides is 3. The lowest BCUT2D eigenvalue weighted by Crippen LogP contribution is -2.52. The molecule has 198 valence electrons. The first-order chi connectivity index (χ1) is 18.7. The Hall–Kier alpha value is -3.76. The summed E-state index contributed by atoms with van der Waals surface area (Å²) < 4.78 is 0.790. The molecule has 2 fully saturated rings. The number of aromatic nitrogens is 1. The Morgan fingerprint density at radius 1 is 1.05 bits per heavy atom. The summed E-state index contributed by atoms with van der Waals surface area (Å²) in [6, 6.07) is 8.16. The molecule has 9 nitrogen and oxygen atoms in total. The molecule has 1 aromatic heterocycles. The molecule has 3 amide bonds. The summed E-state index contributed by atoms with van der Waals surface area (Å²) in [4.78, 5) is 67.9. The average Bonchev–Trinajstić information content (AvgIpc) is 3.43. The molecule has 0 spiro atoms. The highest BCUT2D eigenvalue weighted by atomic mass is 79.9. The van der Waals surface area contributed by atoms with Crippen molar-refractivity contribution in [2.24, 2.45) is 0 Å². The molecule has 3 N–H and O–H groups in total. The molecule has 0 bridgehead atoms. The largest absolute Gasteiger partial charge is 0.361 e. The van der Waals surface area contributed by atoms with E-state index in [1.54, 1.807) is 24.4 Å². The highest BCUT2D eigenvalue weighted by Crippen LogP contribution is 2.42. The molecule has 11 heteroatoms. The van der Waals surface area contributed by atoms with Gasteiger partial charge in [-0.05, 0) is 36.2 Å². The lowest BCUT2D eigenvalue weighted by Gasteiger charge is -2.29. The number of piperidine rings is 1. The van der Waals surface area contributed by atoms with E-state index >= 15 is 0 Å². The van der Waals surface area contributed by atoms with Gasteiger partial charge >= 0.3 is 0 Å². The molecule has 1 unspecified atom stereocenters. The highest BCUT2D eigenvalue weighted by molar-refractivity contribution is 9.10. The second-order valence-corrected chi connectivity index (χ2v) is 11.2. The first-order valence-electron chi connectivity index (χ1n) is 12.5. The number of nitrogens with one attached hydrogen (secondary N) is 3. The zero-order valence-electron chi connectivity index (χ0n) is 20.5. The van der Waals surface area contributed by atoms with Gasteiger partial charge in [0.2, 0.25) is 11.8 Å². The summed E-state index contributed by atoms with van der Waals surface area (Å²) in [7, 11) is 0. The van der Waals surface area contributed by atoms with Crippen LogP contribution in [0.15, 0.2) is 52.8 Å². The van der Waals surface area contributed by atoms with E-state index < -0.39 is 11.9 Å². The topological polar surface area (TPSA) is 128 Å². The summed E-state index contributed by atoms with van der Waals surface area (Å²) in [5.41, 5.74) is 3.40. The fraction of sp³-hybridized carbons (Fsp3) is 0.250. The average molecular weight is 610 g/mol. The van der Waals surface area contributed by atoms with Gasteiger partial charge in [-0.3, -0.25) is 29.3 Å². The van der Waals surface area contributed by atoms with E-state index in [2.05, 4.69) is 31.5 Å². The second-order valence-electron chi connectivity index (χ2n) is 9.91. The van der Waals surface area contributed by atoms with Crippen molar-refractivity contribution in [1.29, 1.82) is 0 Å². The molecule has 3 heterocycles. The van der Waals surface area contributed by atoms with E-state index in [9.17, 15) is 24.0 Å². The van der Waals surface area contributed by atoms with Crippen LogP contribution in [0.2, 0.25) is 5.02 Å². The van der Waals surface area contributed by atoms with Crippen LogP contribution in [0.1, 0.15) is 53.1 Å². The first kappa shape index (κ1) is 25.5. The number of imide groups is 1. The third-order valence-electron chi connectivity index (χ3n) is 7.61. The van der Waals surface area contributed by atoms with E-state index in [1.165, 1.54) is 11.1 Å². The van der Waals surface area contributed by atoms with Gasteiger partial charge in [0, 0.05) is 76.3 Å². The van der Waals surface area contributed by atoms with Gasteiger partial charge in [-0.25, -0.2) is 0 Å². The zero-order chi connectivity index (χ0) is 27.4. The standard InChI is InChI=1S/C28H22BrClN4O5/c29-17-4-5-20-26(18(30)11-32-20)25(17)13-8-22(35)15(23(36)9-13)10-31-19-3-1-2-14-16(19)12-34(28(14)39)21-6-7-24(37)33-27(21)38/h1-5,10-11,13,21,31-32H,6-9,12H2,(H,33,37,38). The molecule has 0 radical (unpaired) electrons. The Labute approximate surface area is 236 Å². The molecule has 2 aromatic carbocycles. The van der Waals surface area contributed by atoms with Gasteiger partial charge in [0.05, 0.1) is 10.6 Å². The van der Waals surface area contributed by atoms with Gasteiger partial charge < -0.3 is 15.2 Å². The minimum Gasteiger partial charge on any atom is -0.361 e. The maximum atomic E-state index is 13.2. The summed E-state index contributed by atoms with van der Waals surface area (Å²) in [5, 5.41) is 6.69. The molecule has 39 heavy (non-hydrogen) atoms. The maximum absolute atomic E-state index is 13.2. The lowest BCUT2D eigenvalue weighted by atomic mass is 9.79. The zero-order valence-corrected chi connectivity index (χ0v) is 22.8. The molecule has 3 aromatic rings. The van der Waals surface area contributed by atoms with E-state index in [0.717, 1.165) is 20.9 Å². The number of aromatic amines is 1. The minimum atomic E-state index is -0.732. The van der Waals surface area contributed by atoms with Gasteiger partial charge in [-0.1, -0.05) is 33.6 Å². The number of nitrogens with zero attached hydrogens (tertiary/aromatic N) is 1. The molecular weight excluding hydrogens is 588 g/mol. The van der Waals surface area contributed by atoms with E-state index in [4.69, 9.17) is 11.6 Å². The van der Waals surface area contributed by atoms with Crippen molar-refractivity contribution in [3.63, 3.8) is 0 Å². The monoisotopic (exact) mass is 608 g/mol. The van der Waals surface area contributed by atoms with Crippen molar-refractivity contribution < 1.29 is 24.0 Å². The first-order valence-corrected chi connectivity index (χ1v) is 13.6. The molecule has 2 aliphatic heterocycles. The lowest BCUT2D eigenvalue weighted by molar-refractivity contribution is -0.137. The number of halogens is 2. The molecular formula is C28H22BrClN4O5. The van der Waals surface area contributed by atoms with Gasteiger partial charge in [0.1, 0.15) is 6.04 Å². The number of benzene rings is 2.